The van der Waals surface area contributed by atoms with Gasteiger partial charge in [0.2, 0.25) is 5.78 Å². The van der Waals surface area contributed by atoms with E-state index in [9.17, 15) is 26.8 Å². The van der Waals surface area contributed by atoms with Gasteiger partial charge in [-0.15, -0.1) is 0 Å². The summed E-state index contributed by atoms with van der Waals surface area (Å²) in [6.07, 6.45) is 1.97. The summed E-state index contributed by atoms with van der Waals surface area (Å²) in [5.74, 6) is -0.658. The molecule has 12 heteroatoms. The molecule has 1 aromatic heterocycles. The van der Waals surface area contributed by atoms with Gasteiger partial charge in [-0.1, -0.05) is 11.6 Å². The summed E-state index contributed by atoms with van der Waals surface area (Å²) in [6.45, 7) is 0. The molecule has 0 aliphatic heterocycles. The standard InChI is InChI=1S/C19H14Cl2N2O6S2/c1-30(26,27)14-4-6-15(7-5-14)31(28,29)22-17-8-3-13(20)10-16(17)19(24)12-2-9-18(21)23(25)11-12/h2-11,22H,1H3. The normalized spacial score (nSPS) is 11.8. The molecule has 0 aliphatic carbocycles. The molecule has 31 heavy (non-hydrogen) atoms. The Morgan fingerprint density at radius 3 is 2.13 bits per heavy atom. The van der Waals surface area contributed by atoms with Crippen LogP contribution in [0.2, 0.25) is 10.2 Å². The summed E-state index contributed by atoms with van der Waals surface area (Å²) in [4.78, 5) is 12.7. The first-order chi connectivity index (χ1) is 14.4. The molecule has 0 saturated carbocycles. The van der Waals surface area contributed by atoms with E-state index in [1.165, 1.54) is 42.5 Å². The van der Waals surface area contributed by atoms with E-state index in [2.05, 4.69) is 4.72 Å². The van der Waals surface area contributed by atoms with Gasteiger partial charge in [-0.25, -0.2) is 16.8 Å². The molecule has 162 valence electrons. The zero-order valence-corrected chi connectivity index (χ0v) is 18.9. The van der Waals surface area contributed by atoms with Crippen molar-refractivity contribution in [3.63, 3.8) is 0 Å². The Morgan fingerprint density at radius 2 is 1.55 bits per heavy atom. The average molecular weight is 501 g/mol. The Hall–Kier alpha value is -2.66. The maximum Gasteiger partial charge on any atom is 0.286 e. The van der Waals surface area contributed by atoms with E-state index in [1.54, 1.807) is 0 Å². The summed E-state index contributed by atoms with van der Waals surface area (Å²) in [6, 6.07) is 11.1. The molecule has 3 rings (SSSR count). The number of carbonyl (C=O) groups excluding carboxylic acids is 1. The molecule has 0 spiro atoms. The number of nitrogens with one attached hydrogen (secondary N) is 1. The highest BCUT2D eigenvalue weighted by Crippen LogP contribution is 2.26. The molecule has 0 amide bonds. The quantitative estimate of drug-likeness (QED) is 0.240. The minimum atomic E-state index is -4.17. The van der Waals surface area contributed by atoms with Crippen LogP contribution in [0.5, 0.6) is 0 Å². The molecule has 0 fully saturated rings. The smallest absolute Gasteiger partial charge is 0.286 e. The number of benzene rings is 2. The molecule has 0 aliphatic rings. The van der Waals surface area contributed by atoms with E-state index in [-0.39, 0.29) is 36.8 Å². The molecule has 1 N–H and O–H groups in total. The number of ketones is 1. The predicted molar refractivity (Wildman–Crippen MR) is 116 cm³/mol. The van der Waals surface area contributed by atoms with Crippen molar-refractivity contribution in [1.29, 1.82) is 0 Å². The van der Waals surface area contributed by atoms with Gasteiger partial charge in [0.25, 0.3) is 15.2 Å². The molecule has 0 radical (unpaired) electrons. The second-order valence-electron chi connectivity index (χ2n) is 6.43. The van der Waals surface area contributed by atoms with Crippen molar-refractivity contribution in [2.75, 3.05) is 11.0 Å². The Balaban J connectivity index is 2.00. The van der Waals surface area contributed by atoms with Crippen LogP contribution in [-0.4, -0.2) is 28.9 Å². The van der Waals surface area contributed by atoms with Crippen LogP contribution in [0.1, 0.15) is 15.9 Å². The van der Waals surface area contributed by atoms with Crippen LogP contribution in [0.25, 0.3) is 0 Å². The van der Waals surface area contributed by atoms with Gasteiger partial charge in [-0.2, -0.15) is 4.73 Å². The number of pyridine rings is 1. The summed E-state index contributed by atoms with van der Waals surface area (Å²) in [5.41, 5.74) is -0.195. The first-order valence-corrected chi connectivity index (χ1v) is 12.6. The fourth-order valence-electron chi connectivity index (χ4n) is 2.62. The topological polar surface area (TPSA) is 124 Å². The number of hydrogen-bond acceptors (Lipinski definition) is 6. The number of hydrogen-bond donors (Lipinski definition) is 1. The van der Waals surface area contributed by atoms with Crippen molar-refractivity contribution in [1.82, 2.24) is 0 Å². The van der Waals surface area contributed by atoms with Gasteiger partial charge >= 0.3 is 0 Å². The summed E-state index contributed by atoms with van der Waals surface area (Å²) in [5, 5.41) is 11.7. The zero-order chi connectivity index (χ0) is 23.0. The lowest BCUT2D eigenvalue weighted by Gasteiger charge is -2.13. The molecular weight excluding hydrogens is 487 g/mol. The highest BCUT2D eigenvalue weighted by molar-refractivity contribution is 7.92. The molecule has 0 unspecified atom stereocenters. The van der Waals surface area contributed by atoms with Crippen molar-refractivity contribution in [3.05, 3.63) is 87.3 Å². The highest BCUT2D eigenvalue weighted by Gasteiger charge is 2.22. The molecule has 0 bridgehead atoms. The fourth-order valence-corrected chi connectivity index (χ4v) is 4.61. The molecule has 8 nitrogen and oxygen atoms in total. The molecule has 2 aromatic carbocycles. The van der Waals surface area contributed by atoms with Crippen LogP contribution in [0.15, 0.2) is 70.6 Å². The lowest BCUT2D eigenvalue weighted by molar-refractivity contribution is -0.603. The van der Waals surface area contributed by atoms with Gasteiger partial charge in [0.05, 0.1) is 21.0 Å². The van der Waals surface area contributed by atoms with Crippen LogP contribution in [-0.2, 0) is 19.9 Å². The van der Waals surface area contributed by atoms with Crippen LogP contribution in [0.4, 0.5) is 5.69 Å². The van der Waals surface area contributed by atoms with Gasteiger partial charge in [0.15, 0.2) is 16.0 Å². The number of sulfonamides is 1. The van der Waals surface area contributed by atoms with E-state index in [1.807, 2.05) is 0 Å². The molecule has 1 heterocycles. The van der Waals surface area contributed by atoms with Gasteiger partial charge < -0.3 is 5.21 Å². The van der Waals surface area contributed by atoms with Gasteiger partial charge in [0.1, 0.15) is 0 Å². The Kier molecular flexibility index (Phi) is 6.28. The summed E-state index contributed by atoms with van der Waals surface area (Å²) >= 11 is 11.6. The zero-order valence-electron chi connectivity index (χ0n) is 15.7. The lowest BCUT2D eigenvalue weighted by Crippen LogP contribution is -2.28. The van der Waals surface area contributed by atoms with Crippen molar-refractivity contribution in [2.45, 2.75) is 9.79 Å². The third-order valence-corrected chi connectivity index (χ3v) is 7.20. The van der Waals surface area contributed by atoms with E-state index in [0.29, 0.717) is 4.73 Å². The summed E-state index contributed by atoms with van der Waals surface area (Å²) in [7, 11) is -7.67. The monoisotopic (exact) mass is 500 g/mol. The Morgan fingerprint density at radius 1 is 0.935 bits per heavy atom. The SMILES string of the molecule is CS(=O)(=O)c1ccc(S(=O)(=O)Nc2ccc(Cl)cc2C(=O)c2ccc(Cl)[n+]([O-])c2)cc1. The maximum atomic E-state index is 12.9. The number of aromatic nitrogens is 1. The fraction of sp³-hybridized carbons (Fsp3) is 0.0526. The van der Waals surface area contributed by atoms with Crippen molar-refractivity contribution < 1.29 is 26.4 Å². The molecule has 3 aromatic rings. The molecule has 0 atom stereocenters. The predicted octanol–water partition coefficient (Wildman–Crippen LogP) is 3.06. The largest absolute Gasteiger partial charge is 0.618 e. The Bertz CT molecular complexity index is 1390. The van der Waals surface area contributed by atoms with Gasteiger partial charge in [-0.3, -0.25) is 9.52 Å². The first kappa shape index (κ1) is 23.0. The van der Waals surface area contributed by atoms with E-state index < -0.39 is 25.6 Å². The van der Waals surface area contributed by atoms with Gasteiger partial charge in [-0.05, 0) is 60.1 Å². The van der Waals surface area contributed by atoms with Crippen LogP contribution >= 0.6 is 23.2 Å². The molecule has 0 saturated heterocycles. The summed E-state index contributed by atoms with van der Waals surface area (Å²) < 4.78 is 51.3. The van der Waals surface area contributed by atoms with Gasteiger partial charge in [0, 0.05) is 22.9 Å². The van der Waals surface area contributed by atoms with Crippen molar-refractivity contribution >= 4 is 54.5 Å². The van der Waals surface area contributed by atoms with Crippen molar-refractivity contribution in [3.8, 4) is 0 Å². The second-order valence-corrected chi connectivity index (χ2v) is 11.0. The second kappa shape index (κ2) is 8.46. The van der Waals surface area contributed by atoms with E-state index in [0.717, 1.165) is 24.6 Å². The number of nitrogens with zero attached hydrogens (tertiary/aromatic N) is 1. The lowest BCUT2D eigenvalue weighted by atomic mass is 10.0. The maximum absolute atomic E-state index is 12.9. The molecular formula is C19H14Cl2N2O6S2. The minimum absolute atomic E-state index is 0.0281. The minimum Gasteiger partial charge on any atom is -0.618 e. The first-order valence-electron chi connectivity index (χ1n) is 8.44. The average Bonchev–Trinajstić information content (AvgIpc) is 2.70. The van der Waals surface area contributed by atoms with E-state index in [4.69, 9.17) is 23.2 Å². The van der Waals surface area contributed by atoms with E-state index >= 15 is 0 Å². The van der Waals surface area contributed by atoms with Crippen molar-refractivity contribution in [2.24, 2.45) is 0 Å². The number of rotatable bonds is 6. The number of halogens is 2. The van der Waals surface area contributed by atoms with Crippen LogP contribution in [0.3, 0.4) is 0 Å². The third-order valence-electron chi connectivity index (χ3n) is 4.16. The van der Waals surface area contributed by atoms with Crippen LogP contribution in [0, 0.1) is 5.21 Å². The van der Waals surface area contributed by atoms with Crippen LogP contribution < -0.4 is 9.45 Å². The third kappa shape index (κ3) is 5.16. The Labute approximate surface area is 188 Å². The highest BCUT2D eigenvalue weighted by atomic mass is 35.5. The number of anilines is 1. The number of sulfone groups is 1. The number of carbonyl (C=O) groups is 1.